The Morgan fingerprint density at radius 3 is 2.54 bits per heavy atom. The third kappa shape index (κ3) is 5.01. The molecule has 1 amide bonds. The summed E-state index contributed by atoms with van der Waals surface area (Å²) in [6.45, 7) is 0. The third-order valence-corrected chi connectivity index (χ3v) is 5.41. The highest BCUT2D eigenvalue weighted by Crippen LogP contribution is 2.30. The van der Waals surface area contributed by atoms with E-state index in [1.165, 1.54) is 11.8 Å². The van der Waals surface area contributed by atoms with Crippen molar-refractivity contribution < 1.29 is 4.79 Å². The van der Waals surface area contributed by atoms with Crippen LogP contribution in [0, 0.1) is 0 Å². The Bertz CT molecular complexity index is 836. The standard InChI is InChI=1S/C20H16Cl2N2OS/c21-15-9-10-16(22)18(12-15)26-13-19(25)24-20(14-6-2-1-3-7-14)17-8-4-5-11-23-17/h1-12,20H,13H2,(H,24,25). The number of nitrogens with zero attached hydrogens (tertiary/aromatic N) is 1. The van der Waals surface area contributed by atoms with Gasteiger partial charge in [-0.2, -0.15) is 0 Å². The summed E-state index contributed by atoms with van der Waals surface area (Å²) in [5.74, 6) is 0.126. The summed E-state index contributed by atoms with van der Waals surface area (Å²) < 4.78 is 0. The SMILES string of the molecule is O=C(CSc1cc(Cl)ccc1Cl)NC(c1ccccc1)c1ccccn1. The van der Waals surface area contributed by atoms with Crippen molar-refractivity contribution in [2.75, 3.05) is 5.75 Å². The summed E-state index contributed by atoms with van der Waals surface area (Å²) in [6, 6.07) is 20.3. The lowest BCUT2D eigenvalue weighted by atomic mass is 10.0. The van der Waals surface area contributed by atoms with Crippen molar-refractivity contribution in [3.05, 3.63) is 94.2 Å². The first-order valence-electron chi connectivity index (χ1n) is 7.96. The minimum atomic E-state index is -0.305. The Kier molecular flexibility index (Phi) is 6.56. The highest BCUT2D eigenvalue weighted by molar-refractivity contribution is 8.00. The fraction of sp³-hybridized carbons (Fsp3) is 0.100. The van der Waals surface area contributed by atoms with E-state index >= 15 is 0 Å². The normalized spacial score (nSPS) is 11.8. The van der Waals surface area contributed by atoms with Gasteiger partial charge < -0.3 is 5.32 Å². The molecule has 1 N–H and O–H groups in total. The summed E-state index contributed by atoms with van der Waals surface area (Å²) in [5, 5.41) is 4.23. The average molecular weight is 403 g/mol. The molecule has 0 aliphatic heterocycles. The van der Waals surface area contributed by atoms with E-state index in [9.17, 15) is 4.79 Å². The Morgan fingerprint density at radius 2 is 1.81 bits per heavy atom. The quantitative estimate of drug-likeness (QED) is 0.562. The lowest BCUT2D eigenvalue weighted by Gasteiger charge is -2.19. The molecule has 0 bridgehead atoms. The largest absolute Gasteiger partial charge is 0.343 e. The number of hydrogen-bond acceptors (Lipinski definition) is 3. The molecule has 0 saturated heterocycles. The van der Waals surface area contributed by atoms with E-state index in [0.29, 0.717) is 10.0 Å². The van der Waals surface area contributed by atoms with Gasteiger partial charge in [-0.15, -0.1) is 11.8 Å². The van der Waals surface area contributed by atoms with Crippen LogP contribution in [0.3, 0.4) is 0 Å². The minimum absolute atomic E-state index is 0.106. The second-order valence-corrected chi connectivity index (χ2v) is 7.39. The zero-order chi connectivity index (χ0) is 18.4. The number of amides is 1. The van der Waals surface area contributed by atoms with E-state index in [4.69, 9.17) is 23.2 Å². The van der Waals surface area contributed by atoms with Gasteiger partial charge in [-0.05, 0) is 35.9 Å². The molecule has 132 valence electrons. The number of carbonyl (C=O) groups excluding carboxylic acids is 1. The Hall–Kier alpha value is -2.01. The number of halogens is 2. The van der Waals surface area contributed by atoms with Gasteiger partial charge in [-0.3, -0.25) is 9.78 Å². The van der Waals surface area contributed by atoms with Crippen LogP contribution in [-0.2, 0) is 4.79 Å². The molecule has 1 heterocycles. The number of pyridine rings is 1. The molecule has 0 saturated carbocycles. The maximum absolute atomic E-state index is 12.5. The number of aromatic nitrogens is 1. The summed E-state index contributed by atoms with van der Waals surface area (Å²) >= 11 is 13.5. The molecular formula is C20H16Cl2N2OS. The predicted molar refractivity (Wildman–Crippen MR) is 108 cm³/mol. The van der Waals surface area contributed by atoms with Crippen LogP contribution in [0.1, 0.15) is 17.3 Å². The van der Waals surface area contributed by atoms with Crippen molar-refractivity contribution in [2.24, 2.45) is 0 Å². The molecule has 3 aromatic rings. The first kappa shape index (κ1) is 18.8. The van der Waals surface area contributed by atoms with Crippen LogP contribution in [0.2, 0.25) is 10.0 Å². The van der Waals surface area contributed by atoms with Gasteiger partial charge in [0.25, 0.3) is 0 Å². The van der Waals surface area contributed by atoms with Gasteiger partial charge in [0.15, 0.2) is 0 Å². The van der Waals surface area contributed by atoms with Gasteiger partial charge in [-0.25, -0.2) is 0 Å². The lowest BCUT2D eigenvalue weighted by Crippen LogP contribution is -2.31. The minimum Gasteiger partial charge on any atom is -0.343 e. The summed E-state index contributed by atoms with van der Waals surface area (Å²) in [4.78, 5) is 17.7. The number of rotatable bonds is 6. The molecular weight excluding hydrogens is 387 g/mol. The third-order valence-electron chi connectivity index (χ3n) is 3.67. The molecule has 0 aliphatic rings. The van der Waals surface area contributed by atoms with Crippen molar-refractivity contribution in [3.63, 3.8) is 0 Å². The van der Waals surface area contributed by atoms with Gasteiger partial charge in [0.2, 0.25) is 5.91 Å². The van der Waals surface area contributed by atoms with Crippen molar-refractivity contribution in [3.8, 4) is 0 Å². The Balaban J connectivity index is 1.72. The van der Waals surface area contributed by atoms with Crippen LogP contribution >= 0.6 is 35.0 Å². The van der Waals surface area contributed by atoms with Gasteiger partial charge in [-0.1, -0.05) is 59.6 Å². The lowest BCUT2D eigenvalue weighted by molar-refractivity contribution is -0.119. The molecule has 0 fully saturated rings. The number of thioether (sulfide) groups is 1. The molecule has 3 rings (SSSR count). The Labute approximate surface area is 166 Å². The molecule has 0 spiro atoms. The van der Waals surface area contributed by atoms with Gasteiger partial charge in [0.1, 0.15) is 0 Å². The number of hydrogen-bond donors (Lipinski definition) is 1. The van der Waals surface area contributed by atoms with Crippen LogP contribution in [0.25, 0.3) is 0 Å². The second-order valence-electron chi connectivity index (χ2n) is 5.53. The van der Waals surface area contributed by atoms with Crippen LogP contribution in [-0.4, -0.2) is 16.6 Å². The van der Waals surface area contributed by atoms with E-state index in [-0.39, 0.29) is 17.7 Å². The zero-order valence-electron chi connectivity index (χ0n) is 13.7. The summed E-state index contributed by atoms with van der Waals surface area (Å²) in [6.07, 6.45) is 1.72. The van der Waals surface area contributed by atoms with Crippen molar-refractivity contribution in [2.45, 2.75) is 10.9 Å². The first-order valence-corrected chi connectivity index (χ1v) is 9.71. The van der Waals surface area contributed by atoms with Crippen LogP contribution in [0.4, 0.5) is 0 Å². The molecule has 1 atom stereocenters. The van der Waals surface area contributed by atoms with Crippen LogP contribution < -0.4 is 5.32 Å². The zero-order valence-corrected chi connectivity index (χ0v) is 16.1. The topological polar surface area (TPSA) is 42.0 Å². The predicted octanol–water partition coefficient (Wildman–Crippen LogP) is 5.39. The highest BCUT2D eigenvalue weighted by atomic mass is 35.5. The van der Waals surface area contributed by atoms with E-state index in [1.54, 1.807) is 24.4 Å². The van der Waals surface area contributed by atoms with Gasteiger partial charge in [0, 0.05) is 16.1 Å². The average Bonchev–Trinajstić information content (AvgIpc) is 2.68. The smallest absolute Gasteiger partial charge is 0.231 e. The van der Waals surface area contributed by atoms with Crippen molar-refractivity contribution >= 4 is 40.9 Å². The van der Waals surface area contributed by atoms with Crippen LogP contribution in [0.15, 0.2) is 77.8 Å². The summed E-state index contributed by atoms with van der Waals surface area (Å²) in [5.41, 5.74) is 1.77. The molecule has 0 aliphatic carbocycles. The van der Waals surface area contributed by atoms with E-state index < -0.39 is 0 Å². The van der Waals surface area contributed by atoms with Crippen LogP contribution in [0.5, 0.6) is 0 Å². The molecule has 26 heavy (non-hydrogen) atoms. The molecule has 6 heteroatoms. The van der Waals surface area contributed by atoms with E-state index in [1.807, 2.05) is 48.5 Å². The summed E-state index contributed by atoms with van der Waals surface area (Å²) in [7, 11) is 0. The maximum atomic E-state index is 12.5. The van der Waals surface area contributed by atoms with E-state index in [2.05, 4.69) is 10.3 Å². The maximum Gasteiger partial charge on any atom is 0.231 e. The van der Waals surface area contributed by atoms with Crippen molar-refractivity contribution in [1.82, 2.24) is 10.3 Å². The fourth-order valence-electron chi connectivity index (χ4n) is 2.45. The first-order chi connectivity index (χ1) is 12.6. The Morgan fingerprint density at radius 1 is 1.04 bits per heavy atom. The number of benzene rings is 2. The van der Waals surface area contributed by atoms with Gasteiger partial charge >= 0.3 is 0 Å². The second kappa shape index (κ2) is 9.08. The molecule has 3 nitrogen and oxygen atoms in total. The monoisotopic (exact) mass is 402 g/mol. The van der Waals surface area contributed by atoms with Crippen molar-refractivity contribution in [1.29, 1.82) is 0 Å². The molecule has 1 aromatic heterocycles. The molecule has 2 aromatic carbocycles. The highest BCUT2D eigenvalue weighted by Gasteiger charge is 2.18. The van der Waals surface area contributed by atoms with Gasteiger partial charge in [0.05, 0.1) is 22.5 Å². The van der Waals surface area contributed by atoms with E-state index in [0.717, 1.165) is 16.2 Å². The molecule has 1 unspecified atom stereocenters. The molecule has 0 radical (unpaired) electrons. The number of nitrogens with one attached hydrogen (secondary N) is 1. The fourth-order valence-corrected chi connectivity index (χ4v) is 3.76. The number of carbonyl (C=O) groups is 1.